The fourth-order valence-corrected chi connectivity index (χ4v) is 1.34. The molecule has 68 valence electrons. The third kappa shape index (κ3) is 1.53. The summed E-state index contributed by atoms with van der Waals surface area (Å²) in [5.74, 6) is 0.890. The van der Waals surface area contributed by atoms with Crippen LogP contribution >= 0.6 is 0 Å². The summed E-state index contributed by atoms with van der Waals surface area (Å²) in [6.45, 7) is 9.75. The summed E-state index contributed by atoms with van der Waals surface area (Å²) < 4.78 is 5.68. The van der Waals surface area contributed by atoms with Crippen LogP contribution in [0.4, 0.5) is 0 Å². The molecule has 0 spiro atoms. The number of hydrogen-bond acceptors (Lipinski definition) is 2. The molecule has 0 bridgehead atoms. The van der Waals surface area contributed by atoms with Gasteiger partial charge in [-0.1, -0.05) is 6.58 Å². The first kappa shape index (κ1) is 9.33. The third-order valence-electron chi connectivity index (χ3n) is 2.40. The van der Waals surface area contributed by atoms with Gasteiger partial charge in [0, 0.05) is 6.04 Å². The minimum Gasteiger partial charge on any atom is -0.486 e. The lowest BCUT2D eigenvalue weighted by molar-refractivity contribution is 0.00352. The molecule has 0 aromatic heterocycles. The molecular weight excluding hydrogens is 150 g/mol. The maximum Gasteiger partial charge on any atom is 0.119 e. The molecule has 0 fully saturated rings. The van der Waals surface area contributed by atoms with Crippen LogP contribution in [0.25, 0.3) is 0 Å². The molecule has 2 N–H and O–H groups in total. The monoisotopic (exact) mass is 167 g/mol. The lowest BCUT2D eigenvalue weighted by atomic mass is 9.90. The van der Waals surface area contributed by atoms with Crippen molar-refractivity contribution in [2.45, 2.75) is 38.8 Å². The van der Waals surface area contributed by atoms with E-state index in [9.17, 15) is 0 Å². The summed E-state index contributed by atoms with van der Waals surface area (Å²) in [5, 5.41) is 0. The zero-order chi connectivity index (χ0) is 9.35. The van der Waals surface area contributed by atoms with Crippen molar-refractivity contribution in [3.63, 3.8) is 0 Å². The van der Waals surface area contributed by atoms with E-state index in [2.05, 4.69) is 6.58 Å². The van der Waals surface area contributed by atoms with Crippen molar-refractivity contribution in [2.24, 2.45) is 5.73 Å². The van der Waals surface area contributed by atoms with E-state index in [-0.39, 0.29) is 11.6 Å². The highest BCUT2D eigenvalue weighted by Gasteiger charge is 2.33. The number of rotatable bonds is 1. The molecule has 1 aliphatic rings. The molecule has 0 amide bonds. The van der Waals surface area contributed by atoms with E-state index in [1.54, 1.807) is 6.08 Å². The van der Waals surface area contributed by atoms with Crippen LogP contribution in [-0.2, 0) is 4.74 Å². The molecule has 12 heavy (non-hydrogen) atoms. The molecule has 1 unspecified atom stereocenters. The highest BCUT2D eigenvalue weighted by Crippen LogP contribution is 2.30. The zero-order valence-electron chi connectivity index (χ0n) is 8.05. The second kappa shape index (κ2) is 2.94. The molecule has 2 heteroatoms. The fourth-order valence-electron chi connectivity index (χ4n) is 1.34. The van der Waals surface area contributed by atoms with Gasteiger partial charge in [0.05, 0.1) is 0 Å². The number of allylic oxidation sites excluding steroid dienone is 1. The summed E-state index contributed by atoms with van der Waals surface area (Å²) in [5.41, 5.74) is 6.86. The van der Waals surface area contributed by atoms with Crippen molar-refractivity contribution in [1.82, 2.24) is 0 Å². The van der Waals surface area contributed by atoms with Crippen LogP contribution in [0.3, 0.4) is 0 Å². The molecule has 1 rings (SSSR count). The van der Waals surface area contributed by atoms with E-state index >= 15 is 0 Å². The van der Waals surface area contributed by atoms with Crippen LogP contribution in [0.1, 0.15) is 27.2 Å². The maximum atomic E-state index is 5.93. The van der Waals surface area contributed by atoms with Crippen LogP contribution in [0.2, 0.25) is 0 Å². The smallest absolute Gasteiger partial charge is 0.119 e. The molecular formula is C10H17NO. The Balaban J connectivity index is 2.92. The first-order valence-corrected chi connectivity index (χ1v) is 4.24. The largest absolute Gasteiger partial charge is 0.486 e. The fraction of sp³-hybridized carbons (Fsp3) is 0.600. The van der Waals surface area contributed by atoms with Gasteiger partial charge in [0.2, 0.25) is 0 Å². The molecule has 0 aromatic carbocycles. The summed E-state index contributed by atoms with van der Waals surface area (Å²) in [6.07, 6.45) is 2.65. The third-order valence-corrected chi connectivity index (χ3v) is 2.40. The molecule has 0 saturated heterocycles. The van der Waals surface area contributed by atoms with Crippen LogP contribution in [-0.4, -0.2) is 11.6 Å². The second-order valence-electron chi connectivity index (χ2n) is 3.86. The van der Waals surface area contributed by atoms with Gasteiger partial charge in [0.25, 0.3) is 0 Å². The van der Waals surface area contributed by atoms with Gasteiger partial charge in [-0.3, -0.25) is 0 Å². The predicted molar refractivity (Wildman–Crippen MR) is 50.7 cm³/mol. The van der Waals surface area contributed by atoms with Crippen LogP contribution in [0.5, 0.6) is 0 Å². The van der Waals surface area contributed by atoms with Crippen molar-refractivity contribution >= 4 is 0 Å². The van der Waals surface area contributed by atoms with E-state index in [0.717, 1.165) is 12.2 Å². The van der Waals surface area contributed by atoms with Crippen molar-refractivity contribution < 1.29 is 4.74 Å². The van der Waals surface area contributed by atoms with Crippen LogP contribution < -0.4 is 5.73 Å². The lowest BCUT2D eigenvalue weighted by Crippen LogP contribution is -2.47. The summed E-state index contributed by atoms with van der Waals surface area (Å²) in [6, 6.07) is 0.0844. The van der Waals surface area contributed by atoms with Gasteiger partial charge < -0.3 is 10.5 Å². The van der Waals surface area contributed by atoms with Crippen LogP contribution in [0, 0.1) is 0 Å². The van der Waals surface area contributed by atoms with Gasteiger partial charge in [-0.25, -0.2) is 0 Å². The van der Waals surface area contributed by atoms with E-state index in [1.807, 2.05) is 20.8 Å². The Hall–Kier alpha value is -0.760. The molecule has 1 aliphatic heterocycles. The van der Waals surface area contributed by atoms with E-state index in [1.165, 1.54) is 5.57 Å². The van der Waals surface area contributed by atoms with Gasteiger partial charge in [0.15, 0.2) is 0 Å². The SMILES string of the molecule is C=CC1=C(C)CC(N)C(C)(C)O1. The van der Waals surface area contributed by atoms with E-state index in [0.29, 0.717) is 0 Å². The number of nitrogens with two attached hydrogens (primary N) is 1. The Bertz CT molecular complexity index is 228. The summed E-state index contributed by atoms with van der Waals surface area (Å²) in [7, 11) is 0. The average Bonchev–Trinajstić information content (AvgIpc) is 1.97. The summed E-state index contributed by atoms with van der Waals surface area (Å²) >= 11 is 0. The van der Waals surface area contributed by atoms with E-state index in [4.69, 9.17) is 10.5 Å². The van der Waals surface area contributed by atoms with Crippen molar-refractivity contribution in [3.05, 3.63) is 24.0 Å². The predicted octanol–water partition coefficient (Wildman–Crippen LogP) is 1.97. The highest BCUT2D eigenvalue weighted by atomic mass is 16.5. The van der Waals surface area contributed by atoms with Gasteiger partial charge in [-0.05, 0) is 38.8 Å². The second-order valence-corrected chi connectivity index (χ2v) is 3.86. The maximum absolute atomic E-state index is 5.93. The van der Waals surface area contributed by atoms with Gasteiger partial charge in [-0.2, -0.15) is 0 Å². The standard InChI is InChI=1S/C10H17NO/c1-5-8-7(2)6-9(11)10(3,4)12-8/h5,9H,1,6,11H2,2-4H3. The van der Waals surface area contributed by atoms with Crippen LogP contribution in [0.15, 0.2) is 24.0 Å². The van der Waals surface area contributed by atoms with Crippen molar-refractivity contribution in [1.29, 1.82) is 0 Å². The Morgan fingerprint density at radius 2 is 2.25 bits per heavy atom. The molecule has 1 atom stereocenters. The lowest BCUT2D eigenvalue weighted by Gasteiger charge is -2.37. The number of ether oxygens (including phenoxy) is 1. The summed E-state index contributed by atoms with van der Waals surface area (Å²) in [4.78, 5) is 0. The Morgan fingerprint density at radius 1 is 1.67 bits per heavy atom. The van der Waals surface area contributed by atoms with E-state index < -0.39 is 0 Å². The van der Waals surface area contributed by atoms with Crippen molar-refractivity contribution in [3.8, 4) is 0 Å². The van der Waals surface area contributed by atoms with Crippen molar-refractivity contribution in [2.75, 3.05) is 0 Å². The first-order valence-electron chi connectivity index (χ1n) is 4.24. The molecule has 2 nitrogen and oxygen atoms in total. The first-order chi connectivity index (χ1) is 5.47. The minimum atomic E-state index is -0.261. The molecule has 1 heterocycles. The van der Waals surface area contributed by atoms with Gasteiger partial charge in [0.1, 0.15) is 11.4 Å². The quantitative estimate of drug-likeness (QED) is 0.648. The Kier molecular flexibility index (Phi) is 2.29. The molecule has 0 aliphatic carbocycles. The normalized spacial score (nSPS) is 28.2. The average molecular weight is 167 g/mol. The minimum absolute atomic E-state index is 0.0844. The molecule has 0 aromatic rings. The molecule has 0 saturated carbocycles. The molecule has 0 radical (unpaired) electrons. The topological polar surface area (TPSA) is 35.2 Å². The Morgan fingerprint density at radius 3 is 2.75 bits per heavy atom. The zero-order valence-corrected chi connectivity index (χ0v) is 8.05. The van der Waals surface area contributed by atoms with Gasteiger partial charge >= 0.3 is 0 Å². The van der Waals surface area contributed by atoms with Gasteiger partial charge in [-0.15, -0.1) is 0 Å². The Labute approximate surface area is 74.1 Å². The number of hydrogen-bond donors (Lipinski definition) is 1. The highest BCUT2D eigenvalue weighted by molar-refractivity contribution is 5.22.